The second-order valence-electron chi connectivity index (χ2n) is 5.88. The SMILES string of the molecule is O=C(Nc1cccc(NCC2CCCC2)c1)C1CC1. The third-order valence-electron chi connectivity index (χ3n) is 4.15. The standard InChI is InChI=1S/C16H22N2O/c19-16(13-8-9-13)18-15-7-3-6-14(10-15)17-11-12-4-1-2-5-12/h3,6-7,10,12-13,17H,1-2,4-5,8-9,11H2,(H,18,19). The van der Waals surface area contributed by atoms with E-state index in [1.165, 1.54) is 25.7 Å². The van der Waals surface area contributed by atoms with Gasteiger partial charge in [0.15, 0.2) is 0 Å². The topological polar surface area (TPSA) is 41.1 Å². The van der Waals surface area contributed by atoms with E-state index in [1.54, 1.807) is 0 Å². The molecule has 0 saturated heterocycles. The molecule has 3 rings (SSSR count). The van der Waals surface area contributed by atoms with Crippen LogP contribution in [0.5, 0.6) is 0 Å². The van der Waals surface area contributed by atoms with Crippen LogP contribution < -0.4 is 10.6 Å². The Hall–Kier alpha value is -1.51. The maximum Gasteiger partial charge on any atom is 0.227 e. The number of nitrogens with one attached hydrogen (secondary N) is 2. The fourth-order valence-electron chi connectivity index (χ4n) is 2.77. The summed E-state index contributed by atoms with van der Waals surface area (Å²) in [4.78, 5) is 11.7. The van der Waals surface area contributed by atoms with Crippen molar-refractivity contribution in [3.05, 3.63) is 24.3 Å². The lowest BCUT2D eigenvalue weighted by Gasteiger charge is -2.13. The Balaban J connectivity index is 1.54. The normalized spacial score (nSPS) is 19.4. The smallest absolute Gasteiger partial charge is 0.227 e. The van der Waals surface area contributed by atoms with E-state index in [0.717, 1.165) is 36.7 Å². The van der Waals surface area contributed by atoms with Gasteiger partial charge >= 0.3 is 0 Å². The zero-order chi connectivity index (χ0) is 13.1. The van der Waals surface area contributed by atoms with E-state index in [-0.39, 0.29) is 11.8 Å². The molecule has 0 aliphatic heterocycles. The average molecular weight is 258 g/mol. The monoisotopic (exact) mass is 258 g/mol. The molecule has 3 nitrogen and oxygen atoms in total. The molecule has 2 saturated carbocycles. The van der Waals surface area contributed by atoms with Crippen LogP contribution in [-0.4, -0.2) is 12.5 Å². The summed E-state index contributed by atoms with van der Waals surface area (Å²) in [5.41, 5.74) is 2.02. The van der Waals surface area contributed by atoms with Crippen LogP contribution >= 0.6 is 0 Å². The van der Waals surface area contributed by atoms with E-state index in [1.807, 2.05) is 18.2 Å². The fourth-order valence-corrected chi connectivity index (χ4v) is 2.77. The predicted octanol–water partition coefficient (Wildman–Crippen LogP) is 3.64. The van der Waals surface area contributed by atoms with Crippen molar-refractivity contribution in [3.63, 3.8) is 0 Å². The molecule has 1 amide bonds. The zero-order valence-electron chi connectivity index (χ0n) is 11.3. The minimum absolute atomic E-state index is 0.174. The van der Waals surface area contributed by atoms with Crippen molar-refractivity contribution < 1.29 is 4.79 Å². The van der Waals surface area contributed by atoms with Gasteiger partial charge < -0.3 is 10.6 Å². The predicted molar refractivity (Wildman–Crippen MR) is 78.2 cm³/mol. The molecule has 0 radical (unpaired) electrons. The van der Waals surface area contributed by atoms with E-state index in [4.69, 9.17) is 0 Å². The van der Waals surface area contributed by atoms with Crippen LogP contribution in [0.2, 0.25) is 0 Å². The Bertz CT molecular complexity index is 448. The van der Waals surface area contributed by atoms with Crippen LogP contribution in [0.25, 0.3) is 0 Å². The molecule has 19 heavy (non-hydrogen) atoms. The Kier molecular flexibility index (Phi) is 3.72. The first-order chi connectivity index (χ1) is 9.31. The zero-order valence-corrected chi connectivity index (χ0v) is 11.3. The lowest BCUT2D eigenvalue weighted by atomic mass is 10.1. The van der Waals surface area contributed by atoms with Crippen molar-refractivity contribution in [1.29, 1.82) is 0 Å². The fraction of sp³-hybridized carbons (Fsp3) is 0.562. The molecule has 0 spiro atoms. The van der Waals surface area contributed by atoms with Crippen molar-refractivity contribution in [3.8, 4) is 0 Å². The summed E-state index contributed by atoms with van der Waals surface area (Å²) < 4.78 is 0. The molecule has 102 valence electrons. The number of hydrogen-bond acceptors (Lipinski definition) is 2. The minimum atomic E-state index is 0.174. The Labute approximate surface area is 114 Å². The van der Waals surface area contributed by atoms with E-state index in [2.05, 4.69) is 16.7 Å². The molecule has 0 heterocycles. The minimum Gasteiger partial charge on any atom is -0.385 e. The van der Waals surface area contributed by atoms with Crippen LogP contribution in [0.4, 0.5) is 11.4 Å². The molecule has 0 bridgehead atoms. The molecule has 0 unspecified atom stereocenters. The van der Waals surface area contributed by atoms with Gasteiger partial charge in [0.05, 0.1) is 0 Å². The third-order valence-corrected chi connectivity index (χ3v) is 4.15. The molecule has 3 heteroatoms. The molecule has 1 aromatic rings. The molecule has 0 atom stereocenters. The molecule has 2 aliphatic carbocycles. The summed E-state index contributed by atoms with van der Waals surface area (Å²) >= 11 is 0. The van der Waals surface area contributed by atoms with Crippen LogP contribution in [-0.2, 0) is 4.79 Å². The second-order valence-corrected chi connectivity index (χ2v) is 5.88. The van der Waals surface area contributed by atoms with Gasteiger partial charge in [-0.15, -0.1) is 0 Å². The van der Waals surface area contributed by atoms with Gasteiger partial charge in [-0.05, 0) is 49.8 Å². The van der Waals surface area contributed by atoms with Gasteiger partial charge in [0.2, 0.25) is 5.91 Å². The summed E-state index contributed by atoms with van der Waals surface area (Å²) in [6, 6.07) is 8.07. The van der Waals surface area contributed by atoms with Gasteiger partial charge in [-0.1, -0.05) is 18.9 Å². The van der Waals surface area contributed by atoms with E-state index in [0.29, 0.717) is 0 Å². The summed E-state index contributed by atoms with van der Waals surface area (Å²) in [6.45, 7) is 1.06. The van der Waals surface area contributed by atoms with Gasteiger partial charge in [0.1, 0.15) is 0 Å². The molecule has 2 N–H and O–H groups in total. The van der Waals surface area contributed by atoms with Crippen LogP contribution in [0.1, 0.15) is 38.5 Å². The van der Waals surface area contributed by atoms with Crippen LogP contribution in [0.3, 0.4) is 0 Å². The largest absolute Gasteiger partial charge is 0.385 e. The van der Waals surface area contributed by atoms with E-state index >= 15 is 0 Å². The number of carbonyl (C=O) groups is 1. The lowest BCUT2D eigenvalue weighted by Crippen LogP contribution is -2.14. The van der Waals surface area contributed by atoms with Crippen LogP contribution in [0.15, 0.2) is 24.3 Å². The van der Waals surface area contributed by atoms with Gasteiger partial charge in [-0.25, -0.2) is 0 Å². The van der Waals surface area contributed by atoms with Gasteiger partial charge in [0.25, 0.3) is 0 Å². The van der Waals surface area contributed by atoms with Crippen molar-refractivity contribution >= 4 is 17.3 Å². The van der Waals surface area contributed by atoms with Crippen molar-refractivity contribution in [2.75, 3.05) is 17.2 Å². The van der Waals surface area contributed by atoms with Gasteiger partial charge in [0, 0.05) is 23.8 Å². The summed E-state index contributed by atoms with van der Waals surface area (Å²) in [5, 5.41) is 6.49. The highest BCUT2D eigenvalue weighted by Gasteiger charge is 2.29. The molecule has 2 aliphatic rings. The molecular formula is C16H22N2O. The number of amides is 1. The van der Waals surface area contributed by atoms with Crippen molar-refractivity contribution in [2.45, 2.75) is 38.5 Å². The number of benzene rings is 1. The highest BCUT2D eigenvalue weighted by atomic mass is 16.2. The van der Waals surface area contributed by atoms with E-state index in [9.17, 15) is 4.79 Å². The average Bonchev–Trinajstić information content (AvgIpc) is 3.14. The third kappa shape index (κ3) is 3.49. The quantitative estimate of drug-likeness (QED) is 0.846. The lowest BCUT2D eigenvalue weighted by molar-refractivity contribution is -0.117. The van der Waals surface area contributed by atoms with Crippen molar-refractivity contribution in [1.82, 2.24) is 0 Å². The maximum atomic E-state index is 11.7. The molecule has 1 aromatic carbocycles. The number of anilines is 2. The highest BCUT2D eigenvalue weighted by Crippen LogP contribution is 2.30. The number of rotatable bonds is 5. The number of carbonyl (C=O) groups excluding carboxylic acids is 1. The summed E-state index contributed by atoms with van der Waals surface area (Å²) in [7, 11) is 0. The van der Waals surface area contributed by atoms with E-state index < -0.39 is 0 Å². The Morgan fingerprint density at radius 1 is 1.11 bits per heavy atom. The van der Waals surface area contributed by atoms with Gasteiger partial charge in [-0.3, -0.25) is 4.79 Å². The first-order valence-electron chi connectivity index (χ1n) is 7.46. The molecular weight excluding hydrogens is 236 g/mol. The van der Waals surface area contributed by atoms with Crippen molar-refractivity contribution in [2.24, 2.45) is 11.8 Å². The Morgan fingerprint density at radius 3 is 2.58 bits per heavy atom. The summed E-state index contributed by atoms with van der Waals surface area (Å²) in [6.07, 6.45) is 7.56. The first-order valence-corrected chi connectivity index (χ1v) is 7.46. The first kappa shape index (κ1) is 12.5. The number of hydrogen-bond donors (Lipinski definition) is 2. The van der Waals surface area contributed by atoms with Gasteiger partial charge in [-0.2, -0.15) is 0 Å². The second kappa shape index (κ2) is 5.64. The van der Waals surface area contributed by atoms with Crippen LogP contribution in [0, 0.1) is 11.8 Å². The highest BCUT2D eigenvalue weighted by molar-refractivity contribution is 5.94. The maximum absolute atomic E-state index is 11.7. The Morgan fingerprint density at radius 2 is 1.84 bits per heavy atom. The summed E-state index contributed by atoms with van der Waals surface area (Å²) in [5.74, 6) is 1.26. The molecule has 0 aromatic heterocycles. The molecule has 2 fully saturated rings.